The molecule has 0 saturated carbocycles. The zero-order valence-electron chi connectivity index (χ0n) is 14.7. The predicted octanol–water partition coefficient (Wildman–Crippen LogP) is 4.98. The van der Waals surface area contributed by atoms with Crippen molar-refractivity contribution in [2.45, 2.75) is 19.3 Å². The number of fused-ring (bicyclic) bond motifs is 1. The minimum absolute atomic E-state index is 0.153. The number of hydrogen-bond donors (Lipinski definition) is 2. The topological polar surface area (TPSA) is 70.2 Å². The molecule has 0 atom stereocenters. The smallest absolute Gasteiger partial charge is 0.229 e. The first-order valence-electron chi connectivity index (χ1n) is 8.60. The zero-order valence-corrected chi connectivity index (χ0v) is 16.3. The zero-order chi connectivity index (χ0) is 18.8. The second-order valence-corrected chi connectivity index (χ2v) is 7.62. The fourth-order valence-electron chi connectivity index (χ4n) is 3.03. The first-order valence-corrected chi connectivity index (χ1v) is 9.85. The Hall–Kier alpha value is -2.64. The summed E-state index contributed by atoms with van der Waals surface area (Å²) in [4.78, 5) is 22.5. The summed E-state index contributed by atoms with van der Waals surface area (Å²) in [6.45, 7) is 0. The van der Waals surface area contributed by atoms with Gasteiger partial charge in [0.25, 0.3) is 0 Å². The Bertz CT molecular complexity index is 976. The van der Waals surface area contributed by atoms with Crippen molar-refractivity contribution in [3.63, 3.8) is 0 Å². The number of benzene rings is 1. The third-order valence-electron chi connectivity index (χ3n) is 4.41. The minimum Gasteiger partial charge on any atom is -0.331 e. The second-order valence-electron chi connectivity index (χ2n) is 6.27. The molecule has 0 fully saturated rings. The molecule has 2 N–H and O–H groups in total. The van der Waals surface area contributed by atoms with E-state index in [1.165, 1.54) is 0 Å². The van der Waals surface area contributed by atoms with E-state index in [9.17, 15) is 4.79 Å². The van der Waals surface area contributed by atoms with E-state index in [1.54, 1.807) is 22.4 Å². The summed E-state index contributed by atoms with van der Waals surface area (Å²) in [5, 5.41) is 9.82. The van der Waals surface area contributed by atoms with E-state index in [0.717, 1.165) is 34.8 Å². The van der Waals surface area contributed by atoms with Crippen LogP contribution < -0.4 is 15.5 Å². The van der Waals surface area contributed by atoms with Gasteiger partial charge in [-0.05, 0) is 54.1 Å². The number of carbonyl (C=O) groups is 1. The number of aryl methyl sites for hydroxylation is 1. The Labute approximate surface area is 166 Å². The van der Waals surface area contributed by atoms with Crippen molar-refractivity contribution in [3.05, 3.63) is 52.5 Å². The minimum atomic E-state index is 0.153. The van der Waals surface area contributed by atoms with Gasteiger partial charge in [0.05, 0.1) is 11.2 Å². The summed E-state index contributed by atoms with van der Waals surface area (Å²) >= 11 is 7.78. The lowest BCUT2D eigenvalue weighted by Crippen LogP contribution is -2.24. The van der Waals surface area contributed by atoms with Gasteiger partial charge in [-0.15, -0.1) is 11.3 Å². The Morgan fingerprint density at radius 3 is 2.93 bits per heavy atom. The molecule has 1 amide bonds. The summed E-state index contributed by atoms with van der Waals surface area (Å²) in [5.74, 6) is 1.16. The van der Waals surface area contributed by atoms with Crippen molar-refractivity contribution in [2.24, 2.45) is 0 Å². The fraction of sp³-hybridized carbons (Fsp3) is 0.211. The summed E-state index contributed by atoms with van der Waals surface area (Å²) < 4.78 is 0. The number of amides is 1. The lowest BCUT2D eigenvalue weighted by atomic mass is 10.1. The fourth-order valence-corrected chi connectivity index (χ4v) is 3.79. The molecule has 0 aliphatic carbocycles. The Balaban J connectivity index is 1.57. The van der Waals surface area contributed by atoms with Crippen molar-refractivity contribution in [2.75, 3.05) is 22.6 Å². The van der Waals surface area contributed by atoms with Crippen LogP contribution in [0.2, 0.25) is 5.02 Å². The van der Waals surface area contributed by atoms with Gasteiger partial charge in [-0.3, -0.25) is 4.79 Å². The van der Waals surface area contributed by atoms with E-state index < -0.39 is 0 Å². The Kier molecular flexibility index (Phi) is 4.96. The third-order valence-corrected chi connectivity index (χ3v) is 5.48. The molecule has 1 aliphatic rings. The lowest BCUT2D eigenvalue weighted by Gasteiger charge is -2.18. The molecule has 2 aromatic heterocycles. The Morgan fingerprint density at radius 2 is 2.11 bits per heavy atom. The third kappa shape index (κ3) is 3.89. The van der Waals surface area contributed by atoms with E-state index in [0.29, 0.717) is 23.2 Å². The molecule has 0 bridgehead atoms. The van der Waals surface area contributed by atoms with Crippen molar-refractivity contribution in [1.29, 1.82) is 0 Å². The van der Waals surface area contributed by atoms with Crippen LogP contribution in [0.25, 0.3) is 0 Å². The number of aromatic nitrogens is 2. The van der Waals surface area contributed by atoms with Crippen molar-refractivity contribution in [3.8, 4) is 0 Å². The number of rotatable bonds is 4. The maximum absolute atomic E-state index is 12.0. The van der Waals surface area contributed by atoms with Crippen LogP contribution in [-0.2, 0) is 11.2 Å². The predicted molar refractivity (Wildman–Crippen MR) is 111 cm³/mol. The summed E-state index contributed by atoms with van der Waals surface area (Å²) in [5.41, 5.74) is 2.97. The largest absolute Gasteiger partial charge is 0.331 e. The standard InChI is InChI=1S/C19H18ClN5OS/c1-25-15-8-7-13(10-12(15)4-2-6-17(25)26)22-19-21-11-14(20)18(24-19)23-16-5-3-9-27-16/h3,5,7-11H,2,4,6H2,1H3,(H2,21,22,23,24). The van der Waals surface area contributed by atoms with E-state index >= 15 is 0 Å². The van der Waals surface area contributed by atoms with E-state index in [1.807, 2.05) is 36.7 Å². The second kappa shape index (κ2) is 7.54. The number of nitrogens with one attached hydrogen (secondary N) is 2. The molecule has 6 nitrogen and oxygen atoms in total. The lowest BCUT2D eigenvalue weighted by molar-refractivity contribution is -0.118. The maximum Gasteiger partial charge on any atom is 0.229 e. The van der Waals surface area contributed by atoms with Crippen molar-refractivity contribution < 1.29 is 4.79 Å². The highest BCUT2D eigenvalue weighted by atomic mass is 35.5. The maximum atomic E-state index is 12.0. The first-order chi connectivity index (χ1) is 13.1. The molecule has 27 heavy (non-hydrogen) atoms. The van der Waals surface area contributed by atoms with E-state index in [4.69, 9.17) is 11.6 Å². The monoisotopic (exact) mass is 399 g/mol. The molecule has 0 unspecified atom stereocenters. The van der Waals surface area contributed by atoms with Gasteiger partial charge in [-0.2, -0.15) is 4.98 Å². The highest BCUT2D eigenvalue weighted by molar-refractivity contribution is 7.14. The van der Waals surface area contributed by atoms with Crippen LogP contribution in [0.15, 0.2) is 41.9 Å². The molecule has 3 aromatic rings. The quantitative estimate of drug-likeness (QED) is 0.647. The van der Waals surface area contributed by atoms with Gasteiger partial charge < -0.3 is 15.5 Å². The van der Waals surface area contributed by atoms with Crippen molar-refractivity contribution >= 4 is 57.0 Å². The highest BCUT2D eigenvalue weighted by Crippen LogP contribution is 2.30. The van der Waals surface area contributed by atoms with Gasteiger partial charge in [-0.25, -0.2) is 4.98 Å². The number of nitrogens with zero attached hydrogens (tertiary/aromatic N) is 3. The Morgan fingerprint density at radius 1 is 1.22 bits per heavy atom. The van der Waals surface area contributed by atoms with Crippen molar-refractivity contribution in [1.82, 2.24) is 9.97 Å². The average molecular weight is 400 g/mol. The number of carbonyl (C=O) groups excluding carboxylic acids is 1. The highest BCUT2D eigenvalue weighted by Gasteiger charge is 2.19. The molecule has 138 valence electrons. The molecular formula is C19H18ClN5OS. The van der Waals surface area contributed by atoms with Crippen LogP contribution in [0.3, 0.4) is 0 Å². The van der Waals surface area contributed by atoms with Crippen LogP contribution >= 0.6 is 22.9 Å². The SMILES string of the molecule is CN1C(=O)CCCc2cc(Nc3ncc(Cl)c(Nc4cccs4)n3)ccc21. The summed E-state index contributed by atoms with van der Waals surface area (Å²) in [6, 6.07) is 9.85. The van der Waals surface area contributed by atoms with Gasteiger partial charge >= 0.3 is 0 Å². The van der Waals surface area contributed by atoms with Gasteiger partial charge in [0.15, 0.2) is 5.82 Å². The molecular weight excluding hydrogens is 382 g/mol. The van der Waals surface area contributed by atoms with Gasteiger partial charge in [0, 0.05) is 24.8 Å². The van der Waals surface area contributed by atoms with Gasteiger partial charge in [0.1, 0.15) is 5.02 Å². The molecule has 0 radical (unpaired) electrons. The molecule has 0 spiro atoms. The number of hydrogen-bond acceptors (Lipinski definition) is 6. The average Bonchev–Trinajstić information content (AvgIpc) is 3.12. The van der Waals surface area contributed by atoms with Gasteiger partial charge in [-0.1, -0.05) is 11.6 Å². The van der Waals surface area contributed by atoms with Crippen LogP contribution in [-0.4, -0.2) is 22.9 Å². The summed E-state index contributed by atoms with van der Waals surface area (Å²) in [6.07, 6.45) is 3.87. The number of thiophene rings is 1. The molecule has 8 heteroatoms. The summed E-state index contributed by atoms with van der Waals surface area (Å²) in [7, 11) is 1.82. The molecule has 3 heterocycles. The molecule has 0 saturated heterocycles. The van der Waals surface area contributed by atoms with E-state index in [-0.39, 0.29) is 5.91 Å². The normalized spacial score (nSPS) is 13.9. The molecule has 4 rings (SSSR count). The van der Waals surface area contributed by atoms with Crippen LogP contribution in [0.1, 0.15) is 18.4 Å². The molecule has 1 aromatic carbocycles. The van der Waals surface area contributed by atoms with Gasteiger partial charge in [0.2, 0.25) is 11.9 Å². The number of anilines is 5. The first kappa shape index (κ1) is 17.8. The van der Waals surface area contributed by atoms with Crippen LogP contribution in [0, 0.1) is 0 Å². The van der Waals surface area contributed by atoms with E-state index in [2.05, 4.69) is 26.7 Å². The molecule has 1 aliphatic heterocycles. The van der Waals surface area contributed by atoms with Crippen LogP contribution in [0.4, 0.5) is 28.1 Å². The van der Waals surface area contributed by atoms with Crippen LogP contribution in [0.5, 0.6) is 0 Å². The number of halogens is 1.